The number of amidine groups is 1. The lowest BCUT2D eigenvalue weighted by atomic mass is 10.0. The Balaban J connectivity index is 0.000000157. The predicted octanol–water partition coefficient (Wildman–Crippen LogP) is 1.77. The van der Waals surface area contributed by atoms with E-state index in [9.17, 15) is 0 Å². The van der Waals surface area contributed by atoms with Crippen molar-refractivity contribution in [3.63, 3.8) is 0 Å². The van der Waals surface area contributed by atoms with Crippen LogP contribution in [0.2, 0.25) is 0 Å². The molecular formula is C14H21ClN4O. The van der Waals surface area contributed by atoms with E-state index in [0.29, 0.717) is 11.1 Å². The van der Waals surface area contributed by atoms with E-state index in [2.05, 4.69) is 5.32 Å². The van der Waals surface area contributed by atoms with Gasteiger partial charge in [0.05, 0.1) is 0 Å². The summed E-state index contributed by atoms with van der Waals surface area (Å²) in [6.45, 7) is 2.10. The van der Waals surface area contributed by atoms with Crippen LogP contribution in [0.1, 0.15) is 19.3 Å². The van der Waals surface area contributed by atoms with Gasteiger partial charge in [-0.2, -0.15) is 0 Å². The first kappa shape index (κ1) is 14.9. The molecule has 0 aromatic rings. The fourth-order valence-electron chi connectivity index (χ4n) is 2.74. The number of hydrogen-bond acceptors (Lipinski definition) is 4. The molecule has 5 nitrogen and oxygen atoms in total. The molecule has 6 heteroatoms. The van der Waals surface area contributed by atoms with Gasteiger partial charge in [0.1, 0.15) is 11.0 Å². The topological polar surface area (TPSA) is 97.1 Å². The highest BCUT2D eigenvalue weighted by molar-refractivity contribution is 6.30. The highest BCUT2D eigenvalue weighted by atomic mass is 35.5. The van der Waals surface area contributed by atoms with Crippen molar-refractivity contribution in [1.82, 2.24) is 5.32 Å². The zero-order valence-corrected chi connectivity index (χ0v) is 12.1. The number of rotatable bonds is 1. The largest absolute Gasteiger partial charge is 0.389 e. The summed E-state index contributed by atoms with van der Waals surface area (Å²) in [7, 11) is 0. The number of nitrogens with two attached hydrogens (primary N) is 2. The normalized spacial score (nSPS) is 29.8. The highest BCUT2D eigenvalue weighted by Gasteiger charge is 2.28. The SMILES string of the molecule is C1C[C@H]2COC[C@@H]1C2.N=C(N)C1=CNC=C/C1=C(/N)Cl. The Labute approximate surface area is 124 Å². The summed E-state index contributed by atoms with van der Waals surface area (Å²) in [4.78, 5) is 0. The van der Waals surface area contributed by atoms with E-state index >= 15 is 0 Å². The van der Waals surface area contributed by atoms with Crippen molar-refractivity contribution in [1.29, 1.82) is 5.41 Å². The van der Waals surface area contributed by atoms with Crippen LogP contribution in [0, 0.1) is 17.2 Å². The Morgan fingerprint density at radius 3 is 2.40 bits per heavy atom. The second-order valence-corrected chi connectivity index (χ2v) is 5.72. The van der Waals surface area contributed by atoms with Crippen molar-refractivity contribution < 1.29 is 4.74 Å². The van der Waals surface area contributed by atoms with Crippen LogP contribution in [0.4, 0.5) is 0 Å². The summed E-state index contributed by atoms with van der Waals surface area (Å²) < 4.78 is 5.36. The minimum absolute atomic E-state index is 0.0644. The molecule has 6 N–H and O–H groups in total. The summed E-state index contributed by atoms with van der Waals surface area (Å²) in [6, 6.07) is 0. The maximum Gasteiger partial charge on any atom is 0.124 e. The van der Waals surface area contributed by atoms with Gasteiger partial charge in [-0.1, -0.05) is 11.6 Å². The molecule has 1 saturated carbocycles. The summed E-state index contributed by atoms with van der Waals surface area (Å²) in [6.07, 6.45) is 9.23. The number of hydrogen-bond donors (Lipinski definition) is 4. The van der Waals surface area contributed by atoms with Gasteiger partial charge < -0.3 is 21.5 Å². The van der Waals surface area contributed by atoms with Gasteiger partial charge in [-0.15, -0.1) is 0 Å². The van der Waals surface area contributed by atoms with Crippen LogP contribution in [0.5, 0.6) is 0 Å². The van der Waals surface area contributed by atoms with Gasteiger partial charge in [-0.05, 0) is 37.2 Å². The van der Waals surface area contributed by atoms with Crippen molar-refractivity contribution in [2.24, 2.45) is 23.3 Å². The Bertz CT molecular complexity index is 452. The van der Waals surface area contributed by atoms with Crippen LogP contribution in [0.25, 0.3) is 0 Å². The average molecular weight is 297 g/mol. The van der Waals surface area contributed by atoms with Gasteiger partial charge in [0.15, 0.2) is 0 Å². The third kappa shape index (κ3) is 3.77. The van der Waals surface area contributed by atoms with Crippen LogP contribution >= 0.6 is 11.6 Å². The fraction of sp³-hybridized carbons (Fsp3) is 0.500. The van der Waals surface area contributed by atoms with Crippen molar-refractivity contribution in [2.75, 3.05) is 13.2 Å². The number of nitrogens with one attached hydrogen (secondary N) is 2. The predicted molar refractivity (Wildman–Crippen MR) is 81.0 cm³/mol. The molecule has 2 bridgehead atoms. The molecule has 0 spiro atoms. The van der Waals surface area contributed by atoms with Gasteiger partial charge in [0, 0.05) is 36.8 Å². The van der Waals surface area contributed by atoms with Crippen molar-refractivity contribution >= 4 is 17.4 Å². The van der Waals surface area contributed by atoms with E-state index in [-0.39, 0.29) is 11.0 Å². The van der Waals surface area contributed by atoms with E-state index in [1.807, 2.05) is 0 Å². The molecule has 1 saturated heterocycles. The standard InChI is InChI=1S/C7H9ClN4.C7H12O/c8-6(9)4-1-2-12-3-5(4)7(10)11;1-2-7-3-6(1)4-8-5-7/h1-3,12H,9H2,(H3,10,11);6-7H,1-5H2/b6-4-;/t;6-,7+. The first-order chi connectivity index (χ1) is 9.58. The van der Waals surface area contributed by atoms with Gasteiger partial charge in [-0.25, -0.2) is 0 Å². The molecule has 2 heterocycles. The van der Waals surface area contributed by atoms with Crippen molar-refractivity contribution in [2.45, 2.75) is 19.3 Å². The van der Waals surface area contributed by atoms with Crippen LogP contribution in [0.15, 0.2) is 34.8 Å². The number of ether oxygens (including phenoxy) is 1. The number of fused-ring (bicyclic) bond motifs is 2. The zero-order chi connectivity index (χ0) is 14.5. The monoisotopic (exact) mass is 296 g/mol. The quantitative estimate of drug-likeness (QED) is 0.337. The van der Waals surface area contributed by atoms with Gasteiger partial charge in [0.25, 0.3) is 0 Å². The molecular weight excluding hydrogens is 276 g/mol. The second-order valence-electron chi connectivity index (χ2n) is 5.32. The molecule has 0 aromatic carbocycles. The molecule has 0 aromatic heterocycles. The minimum atomic E-state index is -0.0644. The van der Waals surface area contributed by atoms with Crippen LogP contribution < -0.4 is 16.8 Å². The van der Waals surface area contributed by atoms with E-state index in [1.165, 1.54) is 19.3 Å². The Morgan fingerprint density at radius 1 is 1.30 bits per heavy atom. The van der Waals surface area contributed by atoms with E-state index in [1.54, 1.807) is 18.5 Å². The first-order valence-electron chi connectivity index (χ1n) is 6.78. The molecule has 1 aliphatic carbocycles. The Morgan fingerprint density at radius 2 is 1.95 bits per heavy atom. The van der Waals surface area contributed by atoms with Gasteiger partial charge in [-0.3, -0.25) is 5.41 Å². The van der Waals surface area contributed by atoms with Crippen molar-refractivity contribution in [3.05, 3.63) is 34.8 Å². The Hall–Kier alpha value is -1.46. The van der Waals surface area contributed by atoms with E-state index in [4.69, 9.17) is 33.2 Å². The molecule has 0 amide bonds. The molecule has 2 aliphatic heterocycles. The highest BCUT2D eigenvalue weighted by Crippen LogP contribution is 2.34. The van der Waals surface area contributed by atoms with E-state index in [0.717, 1.165) is 25.0 Å². The van der Waals surface area contributed by atoms with Crippen LogP contribution in [0.3, 0.4) is 0 Å². The Kier molecular flexibility index (Phi) is 5.09. The molecule has 2 atom stereocenters. The van der Waals surface area contributed by atoms with Crippen LogP contribution in [-0.2, 0) is 4.74 Å². The lowest BCUT2D eigenvalue weighted by Gasteiger charge is -2.17. The fourth-order valence-corrected chi connectivity index (χ4v) is 2.91. The molecule has 0 radical (unpaired) electrons. The van der Waals surface area contributed by atoms with E-state index < -0.39 is 0 Å². The maximum absolute atomic E-state index is 7.20. The third-order valence-electron chi connectivity index (χ3n) is 3.77. The number of allylic oxidation sites excluding steroid dienone is 1. The second kappa shape index (κ2) is 6.81. The summed E-state index contributed by atoms with van der Waals surface area (Å²) in [5.41, 5.74) is 11.7. The minimum Gasteiger partial charge on any atom is -0.389 e. The summed E-state index contributed by atoms with van der Waals surface area (Å²) in [5.74, 6) is 1.81. The molecule has 3 aliphatic rings. The van der Waals surface area contributed by atoms with Crippen LogP contribution in [-0.4, -0.2) is 19.0 Å². The summed E-state index contributed by atoms with van der Waals surface area (Å²) >= 11 is 5.58. The first-order valence-corrected chi connectivity index (χ1v) is 7.16. The molecule has 3 rings (SSSR count). The van der Waals surface area contributed by atoms with Gasteiger partial charge in [0.2, 0.25) is 0 Å². The summed E-state index contributed by atoms with van der Waals surface area (Å²) in [5, 5.41) is 10.1. The number of halogens is 1. The lowest BCUT2D eigenvalue weighted by Crippen LogP contribution is -2.20. The smallest absolute Gasteiger partial charge is 0.124 e. The number of dihydropyridines is 1. The zero-order valence-electron chi connectivity index (χ0n) is 11.4. The maximum atomic E-state index is 7.20. The average Bonchev–Trinajstić information content (AvgIpc) is 2.78. The lowest BCUT2D eigenvalue weighted by molar-refractivity contribution is 0.0477. The molecule has 20 heavy (non-hydrogen) atoms. The molecule has 2 fully saturated rings. The molecule has 110 valence electrons. The third-order valence-corrected chi connectivity index (χ3v) is 3.97. The van der Waals surface area contributed by atoms with Crippen molar-refractivity contribution in [3.8, 4) is 0 Å². The molecule has 0 unspecified atom stereocenters. The van der Waals surface area contributed by atoms with Gasteiger partial charge >= 0.3 is 0 Å².